The highest BCUT2D eigenvalue weighted by atomic mass is 19.1. The molecule has 0 radical (unpaired) electrons. The summed E-state index contributed by atoms with van der Waals surface area (Å²) in [7, 11) is 0. The summed E-state index contributed by atoms with van der Waals surface area (Å²) in [6.07, 6.45) is 1.77. The lowest BCUT2D eigenvalue weighted by molar-refractivity contribution is 0.628. The number of para-hydroxylation sites is 2. The van der Waals surface area contributed by atoms with Crippen LogP contribution >= 0.6 is 0 Å². The third kappa shape index (κ3) is 2.79. The van der Waals surface area contributed by atoms with Crippen LogP contribution in [0.2, 0.25) is 0 Å². The summed E-state index contributed by atoms with van der Waals surface area (Å²) in [5.74, 6) is -0.262. The van der Waals surface area contributed by atoms with Gasteiger partial charge in [0.25, 0.3) is 0 Å². The molecule has 3 rings (SSSR count). The van der Waals surface area contributed by atoms with Crippen LogP contribution in [-0.4, -0.2) is 11.1 Å². The highest BCUT2D eigenvalue weighted by Gasteiger charge is 2.02. The second-order valence-corrected chi connectivity index (χ2v) is 4.80. The van der Waals surface area contributed by atoms with Gasteiger partial charge in [-0.2, -0.15) is 0 Å². The van der Waals surface area contributed by atoms with Crippen LogP contribution in [0.15, 0.2) is 65.6 Å². The molecule has 0 spiro atoms. The quantitative estimate of drug-likeness (QED) is 0.797. The van der Waals surface area contributed by atoms with Crippen molar-refractivity contribution >= 4 is 16.6 Å². The molecule has 0 amide bonds. The van der Waals surface area contributed by atoms with Crippen molar-refractivity contribution in [1.82, 2.24) is 4.57 Å². The number of rotatable bonds is 4. The van der Waals surface area contributed by atoms with Crippen LogP contribution in [0.5, 0.6) is 0 Å². The summed E-state index contributed by atoms with van der Waals surface area (Å²) in [6.45, 7) is 1.23. The Morgan fingerprint density at radius 1 is 1.00 bits per heavy atom. The maximum atomic E-state index is 13.5. The molecule has 1 N–H and O–H groups in total. The van der Waals surface area contributed by atoms with E-state index in [9.17, 15) is 9.18 Å². The lowest BCUT2D eigenvalue weighted by atomic mass is 10.2. The number of halogens is 1. The fraction of sp³-hybridized carbons (Fsp3) is 0.118. The van der Waals surface area contributed by atoms with Crippen LogP contribution in [0.25, 0.3) is 10.9 Å². The van der Waals surface area contributed by atoms with E-state index in [1.807, 2.05) is 28.8 Å². The molecule has 0 aliphatic heterocycles. The maximum absolute atomic E-state index is 13.5. The Hall–Kier alpha value is -2.62. The van der Waals surface area contributed by atoms with E-state index in [1.165, 1.54) is 6.07 Å². The van der Waals surface area contributed by atoms with E-state index in [4.69, 9.17) is 0 Å². The fourth-order valence-corrected chi connectivity index (χ4v) is 2.37. The van der Waals surface area contributed by atoms with E-state index < -0.39 is 0 Å². The Kier molecular flexibility index (Phi) is 3.69. The molecule has 0 bridgehead atoms. The van der Waals surface area contributed by atoms with E-state index in [0.717, 1.165) is 5.52 Å². The summed E-state index contributed by atoms with van der Waals surface area (Å²) in [6, 6.07) is 15.6. The summed E-state index contributed by atoms with van der Waals surface area (Å²) < 4.78 is 15.5. The van der Waals surface area contributed by atoms with Gasteiger partial charge in [0.2, 0.25) is 0 Å². The Bertz CT molecular complexity index is 826. The van der Waals surface area contributed by atoms with Gasteiger partial charge in [0.1, 0.15) is 5.82 Å². The van der Waals surface area contributed by atoms with Crippen LogP contribution in [0.4, 0.5) is 10.1 Å². The summed E-state index contributed by atoms with van der Waals surface area (Å²) >= 11 is 0. The molecule has 0 saturated carbocycles. The zero-order valence-corrected chi connectivity index (χ0v) is 11.4. The molecule has 0 fully saturated rings. The van der Waals surface area contributed by atoms with E-state index in [-0.39, 0.29) is 11.2 Å². The Balaban J connectivity index is 1.79. The molecule has 106 valence electrons. The van der Waals surface area contributed by atoms with E-state index >= 15 is 0 Å². The molecule has 3 aromatic rings. The van der Waals surface area contributed by atoms with Crippen LogP contribution in [-0.2, 0) is 6.54 Å². The van der Waals surface area contributed by atoms with Crippen molar-refractivity contribution in [3.63, 3.8) is 0 Å². The highest BCUT2D eigenvalue weighted by molar-refractivity contribution is 5.78. The van der Waals surface area contributed by atoms with Crippen molar-refractivity contribution in [2.24, 2.45) is 0 Å². The molecule has 0 aliphatic rings. The summed E-state index contributed by atoms with van der Waals surface area (Å²) in [4.78, 5) is 11.8. The third-order valence-corrected chi connectivity index (χ3v) is 3.43. The minimum absolute atomic E-state index is 0.0175. The first-order valence-electron chi connectivity index (χ1n) is 6.82. The molecule has 0 unspecified atom stereocenters. The highest BCUT2D eigenvalue weighted by Crippen LogP contribution is 2.13. The van der Waals surface area contributed by atoms with Gasteiger partial charge in [-0.05, 0) is 24.3 Å². The molecule has 1 heterocycles. The summed E-state index contributed by atoms with van der Waals surface area (Å²) in [5.41, 5.74) is 1.40. The fourth-order valence-electron chi connectivity index (χ4n) is 2.37. The van der Waals surface area contributed by atoms with Crippen LogP contribution in [0.3, 0.4) is 0 Å². The van der Waals surface area contributed by atoms with Crippen molar-refractivity contribution in [2.75, 3.05) is 11.9 Å². The number of anilines is 1. The average Bonchev–Trinajstić information content (AvgIpc) is 2.52. The number of benzene rings is 2. The monoisotopic (exact) mass is 282 g/mol. The second-order valence-electron chi connectivity index (χ2n) is 4.80. The van der Waals surface area contributed by atoms with Gasteiger partial charge in [-0.15, -0.1) is 0 Å². The average molecular weight is 282 g/mol. The molecule has 3 nitrogen and oxygen atoms in total. The lowest BCUT2D eigenvalue weighted by Crippen LogP contribution is -2.14. The minimum Gasteiger partial charge on any atom is -0.381 e. The van der Waals surface area contributed by atoms with Crippen LogP contribution in [0.1, 0.15) is 0 Å². The molecular formula is C17H15FN2O. The second kappa shape index (κ2) is 5.79. The zero-order chi connectivity index (χ0) is 14.7. The predicted molar refractivity (Wildman–Crippen MR) is 83.1 cm³/mol. The molecule has 21 heavy (non-hydrogen) atoms. The molecule has 0 saturated heterocycles. The van der Waals surface area contributed by atoms with Gasteiger partial charge in [-0.25, -0.2) is 4.39 Å². The van der Waals surface area contributed by atoms with Crippen molar-refractivity contribution in [2.45, 2.75) is 6.54 Å². The predicted octanol–water partition coefficient (Wildman–Crippen LogP) is 3.25. The summed E-state index contributed by atoms with van der Waals surface area (Å²) in [5, 5.41) is 3.77. The SMILES string of the molecule is O=c1ccn(CCNc2ccccc2F)c2ccccc12. The van der Waals surface area contributed by atoms with Crippen molar-refractivity contribution in [1.29, 1.82) is 0 Å². The van der Waals surface area contributed by atoms with Gasteiger partial charge < -0.3 is 9.88 Å². The first kappa shape index (κ1) is 13.4. The third-order valence-electron chi connectivity index (χ3n) is 3.43. The van der Waals surface area contributed by atoms with Crippen molar-refractivity contribution < 1.29 is 4.39 Å². The number of fused-ring (bicyclic) bond motifs is 1. The Morgan fingerprint density at radius 2 is 1.76 bits per heavy atom. The van der Waals surface area contributed by atoms with Gasteiger partial charge in [0.15, 0.2) is 5.43 Å². The van der Waals surface area contributed by atoms with Crippen LogP contribution in [0, 0.1) is 5.82 Å². The smallest absolute Gasteiger partial charge is 0.189 e. The zero-order valence-electron chi connectivity index (χ0n) is 11.4. The molecule has 0 atom stereocenters. The first-order valence-corrected chi connectivity index (χ1v) is 6.82. The van der Waals surface area contributed by atoms with Crippen LogP contribution < -0.4 is 10.7 Å². The first-order chi connectivity index (χ1) is 10.3. The number of pyridine rings is 1. The molecule has 1 aromatic heterocycles. The van der Waals surface area contributed by atoms with Gasteiger partial charge >= 0.3 is 0 Å². The number of nitrogens with zero attached hydrogens (tertiary/aromatic N) is 1. The molecular weight excluding hydrogens is 267 g/mol. The molecule has 0 aliphatic carbocycles. The topological polar surface area (TPSA) is 34.0 Å². The number of nitrogens with one attached hydrogen (secondary N) is 1. The Labute approximate surface area is 121 Å². The maximum Gasteiger partial charge on any atom is 0.189 e. The number of hydrogen-bond donors (Lipinski definition) is 1. The van der Waals surface area contributed by atoms with Gasteiger partial charge in [0.05, 0.1) is 11.2 Å². The van der Waals surface area contributed by atoms with E-state index in [2.05, 4.69) is 5.32 Å². The van der Waals surface area contributed by atoms with E-state index in [0.29, 0.717) is 24.2 Å². The largest absolute Gasteiger partial charge is 0.381 e. The molecule has 4 heteroatoms. The number of aromatic nitrogens is 1. The van der Waals surface area contributed by atoms with Crippen molar-refractivity contribution in [3.05, 3.63) is 76.8 Å². The molecule has 2 aromatic carbocycles. The minimum atomic E-state index is -0.262. The van der Waals surface area contributed by atoms with Gasteiger partial charge in [0, 0.05) is 30.7 Å². The van der Waals surface area contributed by atoms with E-state index in [1.54, 1.807) is 30.5 Å². The Morgan fingerprint density at radius 3 is 2.62 bits per heavy atom. The number of hydrogen-bond acceptors (Lipinski definition) is 2. The standard InChI is InChI=1S/C17H15FN2O/c18-14-6-2-3-7-15(14)19-10-12-20-11-9-17(21)13-5-1-4-8-16(13)20/h1-9,11,19H,10,12H2. The van der Waals surface area contributed by atoms with Gasteiger partial charge in [-0.1, -0.05) is 24.3 Å². The van der Waals surface area contributed by atoms with Crippen molar-refractivity contribution in [3.8, 4) is 0 Å². The normalized spacial score (nSPS) is 10.7. The lowest BCUT2D eigenvalue weighted by Gasteiger charge is -2.12. The van der Waals surface area contributed by atoms with Gasteiger partial charge in [-0.3, -0.25) is 4.79 Å².